The quantitative estimate of drug-likeness (QED) is 0.573. The Bertz CT molecular complexity index is 1110. The van der Waals surface area contributed by atoms with Crippen LogP contribution in [0.25, 0.3) is 0 Å². The highest BCUT2D eigenvalue weighted by molar-refractivity contribution is 6.30. The number of halogens is 2. The number of anilines is 1. The third-order valence-electron chi connectivity index (χ3n) is 5.49. The molecule has 166 valence electrons. The number of hydrogen-bond donors (Lipinski definition) is 1. The first-order chi connectivity index (χ1) is 15.5. The fraction of sp³-hybridized carbons (Fsp3) is 0.292. The number of aromatic nitrogens is 2. The summed E-state index contributed by atoms with van der Waals surface area (Å²) in [6.45, 7) is 3.54. The van der Waals surface area contributed by atoms with Gasteiger partial charge in [0, 0.05) is 32.0 Å². The molecule has 4 rings (SSSR count). The number of nitrogens with zero attached hydrogens (tertiary/aromatic N) is 3. The van der Waals surface area contributed by atoms with Crippen LogP contribution in [0.4, 0.5) is 10.2 Å². The lowest BCUT2D eigenvalue weighted by molar-refractivity contribution is -0.125. The number of carbonyl (C=O) groups is 1. The summed E-state index contributed by atoms with van der Waals surface area (Å²) < 4.78 is 19.4. The third kappa shape index (κ3) is 5.16. The highest BCUT2D eigenvalue weighted by Crippen LogP contribution is 2.32. The fourth-order valence-electron chi connectivity index (χ4n) is 3.75. The largest absolute Gasteiger partial charge is 0.436 e. The molecule has 2 aromatic carbocycles. The van der Waals surface area contributed by atoms with Crippen LogP contribution in [0.15, 0.2) is 54.9 Å². The van der Waals surface area contributed by atoms with Crippen LogP contribution in [-0.4, -0.2) is 29.0 Å². The van der Waals surface area contributed by atoms with Gasteiger partial charge in [-0.05, 0) is 49.1 Å². The summed E-state index contributed by atoms with van der Waals surface area (Å²) in [6.07, 6.45) is 4.85. The van der Waals surface area contributed by atoms with E-state index in [0.29, 0.717) is 24.8 Å². The number of nitrogens with one attached hydrogen (secondary N) is 1. The summed E-state index contributed by atoms with van der Waals surface area (Å²) in [7, 11) is 0. The highest BCUT2D eigenvalue weighted by Gasteiger charge is 2.28. The molecule has 0 unspecified atom stereocenters. The maximum Gasteiger partial charge on any atom is 0.263 e. The van der Waals surface area contributed by atoms with Gasteiger partial charge in [0.2, 0.25) is 5.91 Å². The normalized spacial score (nSPS) is 16.0. The molecule has 1 amide bonds. The molecule has 1 N–H and O–H groups in total. The highest BCUT2D eigenvalue weighted by atomic mass is 35.5. The van der Waals surface area contributed by atoms with E-state index in [1.807, 2.05) is 36.1 Å². The average molecular weight is 455 g/mol. The van der Waals surface area contributed by atoms with E-state index in [1.165, 1.54) is 12.1 Å². The summed E-state index contributed by atoms with van der Waals surface area (Å²) in [6, 6.07) is 12.2. The Hall–Kier alpha value is -3.19. The zero-order valence-electron chi connectivity index (χ0n) is 17.7. The van der Waals surface area contributed by atoms with Gasteiger partial charge in [-0.3, -0.25) is 4.79 Å². The lowest BCUT2D eigenvalue weighted by Gasteiger charge is -2.33. The van der Waals surface area contributed by atoms with Crippen molar-refractivity contribution in [2.24, 2.45) is 5.92 Å². The number of amides is 1. The van der Waals surface area contributed by atoms with Crippen molar-refractivity contribution in [1.82, 2.24) is 15.3 Å². The van der Waals surface area contributed by atoms with Crippen molar-refractivity contribution in [2.45, 2.75) is 26.3 Å². The molecule has 6 nitrogen and oxygen atoms in total. The first-order valence-electron chi connectivity index (χ1n) is 10.5. The average Bonchev–Trinajstić information content (AvgIpc) is 2.81. The minimum atomic E-state index is -0.475. The molecule has 0 radical (unpaired) electrons. The Kier molecular flexibility index (Phi) is 6.85. The van der Waals surface area contributed by atoms with Gasteiger partial charge in [-0.2, -0.15) is 0 Å². The Balaban J connectivity index is 1.43. The number of aryl methyl sites for hydroxylation is 1. The third-order valence-corrected chi connectivity index (χ3v) is 5.78. The van der Waals surface area contributed by atoms with Crippen molar-refractivity contribution in [1.29, 1.82) is 0 Å². The molecule has 1 aliphatic heterocycles. The van der Waals surface area contributed by atoms with Gasteiger partial charge in [0.15, 0.2) is 5.82 Å². The van der Waals surface area contributed by atoms with Gasteiger partial charge in [0.1, 0.15) is 11.6 Å². The molecule has 8 heteroatoms. The minimum Gasteiger partial charge on any atom is -0.436 e. The Morgan fingerprint density at radius 2 is 2.06 bits per heavy atom. The van der Waals surface area contributed by atoms with Crippen LogP contribution in [0, 0.1) is 18.7 Å². The van der Waals surface area contributed by atoms with Crippen molar-refractivity contribution in [3.8, 4) is 11.6 Å². The molecule has 1 atom stereocenters. The lowest BCUT2D eigenvalue weighted by atomic mass is 9.97. The molecule has 3 aromatic rings. The molecular weight excluding hydrogens is 431 g/mol. The van der Waals surface area contributed by atoms with Gasteiger partial charge in [0.25, 0.3) is 5.88 Å². The molecule has 1 aromatic heterocycles. The van der Waals surface area contributed by atoms with E-state index in [2.05, 4.69) is 15.3 Å². The fourth-order valence-corrected chi connectivity index (χ4v) is 3.95. The van der Waals surface area contributed by atoms with Crippen molar-refractivity contribution < 1.29 is 13.9 Å². The Morgan fingerprint density at radius 1 is 1.25 bits per heavy atom. The Morgan fingerprint density at radius 3 is 2.88 bits per heavy atom. The van der Waals surface area contributed by atoms with E-state index in [1.54, 1.807) is 18.5 Å². The van der Waals surface area contributed by atoms with Crippen molar-refractivity contribution in [2.75, 3.05) is 18.0 Å². The number of hydrogen-bond acceptors (Lipinski definition) is 5. The lowest BCUT2D eigenvalue weighted by Crippen LogP contribution is -2.43. The molecule has 0 aliphatic carbocycles. The van der Waals surface area contributed by atoms with E-state index in [0.717, 1.165) is 36.3 Å². The van der Waals surface area contributed by atoms with E-state index in [-0.39, 0.29) is 16.8 Å². The number of para-hydroxylation sites is 1. The van der Waals surface area contributed by atoms with Crippen LogP contribution in [0.5, 0.6) is 11.6 Å². The number of ether oxygens (including phenoxy) is 1. The topological polar surface area (TPSA) is 67.4 Å². The Labute approximate surface area is 191 Å². The first kappa shape index (κ1) is 22.0. The number of benzene rings is 2. The van der Waals surface area contributed by atoms with Crippen LogP contribution in [0.3, 0.4) is 0 Å². The van der Waals surface area contributed by atoms with Gasteiger partial charge in [-0.25, -0.2) is 14.4 Å². The molecule has 0 spiro atoms. The second-order valence-electron chi connectivity index (χ2n) is 7.80. The molecule has 1 aliphatic rings. The predicted molar refractivity (Wildman–Crippen MR) is 121 cm³/mol. The maximum atomic E-state index is 13.3. The van der Waals surface area contributed by atoms with Crippen LogP contribution in [0.2, 0.25) is 5.02 Å². The summed E-state index contributed by atoms with van der Waals surface area (Å²) in [4.78, 5) is 23.7. The number of carbonyl (C=O) groups excluding carboxylic acids is 1. The van der Waals surface area contributed by atoms with Crippen molar-refractivity contribution >= 4 is 23.3 Å². The molecule has 1 fully saturated rings. The smallest absolute Gasteiger partial charge is 0.263 e. The summed E-state index contributed by atoms with van der Waals surface area (Å²) >= 11 is 5.83. The molecular formula is C24H24ClFN4O2. The maximum absolute atomic E-state index is 13.3. The number of rotatable bonds is 6. The number of piperidine rings is 1. The molecule has 0 bridgehead atoms. The molecule has 1 saturated heterocycles. The van der Waals surface area contributed by atoms with Crippen molar-refractivity contribution in [3.05, 3.63) is 76.8 Å². The van der Waals surface area contributed by atoms with E-state index < -0.39 is 5.82 Å². The predicted octanol–water partition coefficient (Wildman–Crippen LogP) is 4.90. The van der Waals surface area contributed by atoms with E-state index in [4.69, 9.17) is 16.3 Å². The van der Waals surface area contributed by atoms with Gasteiger partial charge in [-0.15, -0.1) is 0 Å². The van der Waals surface area contributed by atoms with Crippen LogP contribution in [0.1, 0.15) is 24.0 Å². The second-order valence-corrected chi connectivity index (χ2v) is 8.21. The van der Waals surface area contributed by atoms with E-state index >= 15 is 0 Å². The molecule has 32 heavy (non-hydrogen) atoms. The molecule has 2 heterocycles. The van der Waals surface area contributed by atoms with Crippen LogP contribution in [-0.2, 0) is 11.3 Å². The zero-order valence-corrected chi connectivity index (χ0v) is 18.5. The minimum absolute atomic E-state index is 0.0458. The van der Waals surface area contributed by atoms with E-state index in [9.17, 15) is 9.18 Å². The SMILES string of the molecule is Cc1ccccc1Oc1nccnc1N1CCC[C@H](C(=O)NCc2ccc(F)c(Cl)c2)C1. The van der Waals surface area contributed by atoms with Gasteiger partial charge < -0.3 is 15.0 Å². The van der Waals surface area contributed by atoms with Gasteiger partial charge in [-0.1, -0.05) is 35.9 Å². The first-order valence-corrected chi connectivity index (χ1v) is 10.9. The van der Waals surface area contributed by atoms with Gasteiger partial charge in [0.05, 0.1) is 10.9 Å². The summed E-state index contributed by atoms with van der Waals surface area (Å²) in [5.74, 6) is 1.03. The monoisotopic (exact) mass is 454 g/mol. The standard InChI is InChI=1S/C24H24ClFN4O2/c1-16-5-2-3-7-21(16)32-24-22(27-10-11-28-24)30-12-4-6-18(15-30)23(31)29-14-17-8-9-20(26)19(25)13-17/h2-3,5,7-11,13,18H,4,6,12,14-15H2,1H3,(H,29,31)/t18-/m0/s1. The van der Waals surface area contributed by atoms with Crippen molar-refractivity contribution in [3.63, 3.8) is 0 Å². The summed E-state index contributed by atoms with van der Waals surface area (Å²) in [5, 5.41) is 2.98. The van der Waals surface area contributed by atoms with Crippen LogP contribution < -0.4 is 15.0 Å². The molecule has 0 saturated carbocycles. The summed E-state index contributed by atoms with van der Waals surface area (Å²) in [5.41, 5.74) is 1.75. The van der Waals surface area contributed by atoms with Gasteiger partial charge >= 0.3 is 0 Å². The van der Waals surface area contributed by atoms with Crippen LogP contribution >= 0.6 is 11.6 Å². The second kappa shape index (κ2) is 9.96. The zero-order chi connectivity index (χ0) is 22.5.